The minimum absolute atomic E-state index is 0.131. The fourth-order valence-electron chi connectivity index (χ4n) is 9.31. The van der Waals surface area contributed by atoms with Gasteiger partial charge >= 0.3 is 0 Å². The standard InChI is InChI=1S/C55H39N3/c1-55(2)49-25-15-14-22-43(49)46-34-47-48(35-50(46)55)52(38-28-26-37(27-29-38)36-16-6-3-7-17-36)45-24-13-12-23-44(45)51(47)39-30-32-42(33-31-39)58-53(40-18-8-4-9-19-40)56-57-54(58)41-20-10-5-11-21-41/h3-35H,1-2H3. The maximum Gasteiger partial charge on any atom is 0.168 e. The number of hydrogen-bond acceptors (Lipinski definition) is 2. The molecule has 0 radical (unpaired) electrons. The second-order valence-electron chi connectivity index (χ2n) is 15.8. The minimum Gasteiger partial charge on any atom is -0.275 e. The molecule has 274 valence electrons. The Balaban J connectivity index is 1.15. The van der Waals surface area contributed by atoms with Crippen LogP contribution in [0.5, 0.6) is 0 Å². The number of fused-ring (bicyclic) bond motifs is 5. The van der Waals surface area contributed by atoms with E-state index in [2.05, 4.69) is 182 Å². The van der Waals surface area contributed by atoms with Gasteiger partial charge in [0.05, 0.1) is 0 Å². The molecular formula is C55H39N3. The molecule has 1 aliphatic rings. The predicted octanol–water partition coefficient (Wildman–Crippen LogP) is 14.2. The molecule has 10 aromatic rings. The summed E-state index contributed by atoms with van der Waals surface area (Å²) in [5.74, 6) is 1.62. The molecule has 0 saturated heterocycles. The summed E-state index contributed by atoms with van der Waals surface area (Å²) >= 11 is 0. The first kappa shape index (κ1) is 33.9. The van der Waals surface area contributed by atoms with E-state index in [0.29, 0.717) is 0 Å². The summed E-state index contributed by atoms with van der Waals surface area (Å²) in [5, 5.41) is 14.5. The average molecular weight is 742 g/mol. The average Bonchev–Trinajstić information content (AvgIpc) is 3.83. The normalized spacial score (nSPS) is 12.8. The van der Waals surface area contributed by atoms with Crippen LogP contribution in [-0.2, 0) is 5.41 Å². The third-order valence-corrected chi connectivity index (χ3v) is 12.1. The molecule has 0 bridgehead atoms. The highest BCUT2D eigenvalue weighted by atomic mass is 15.3. The molecular weight excluding hydrogens is 703 g/mol. The van der Waals surface area contributed by atoms with Gasteiger partial charge in [0, 0.05) is 22.2 Å². The lowest BCUT2D eigenvalue weighted by Crippen LogP contribution is -2.14. The zero-order chi connectivity index (χ0) is 38.8. The smallest absolute Gasteiger partial charge is 0.168 e. The fourth-order valence-corrected chi connectivity index (χ4v) is 9.31. The van der Waals surface area contributed by atoms with E-state index in [-0.39, 0.29) is 5.41 Å². The van der Waals surface area contributed by atoms with Crippen molar-refractivity contribution in [2.75, 3.05) is 0 Å². The van der Waals surface area contributed by atoms with Crippen molar-refractivity contribution in [3.05, 3.63) is 211 Å². The topological polar surface area (TPSA) is 30.7 Å². The van der Waals surface area contributed by atoms with Crippen molar-refractivity contribution in [2.45, 2.75) is 19.3 Å². The van der Waals surface area contributed by atoms with Crippen LogP contribution in [0.25, 0.3) is 94.5 Å². The van der Waals surface area contributed by atoms with E-state index in [1.165, 1.54) is 71.6 Å². The molecule has 0 N–H and O–H groups in total. The van der Waals surface area contributed by atoms with Crippen LogP contribution in [0.15, 0.2) is 200 Å². The lowest BCUT2D eigenvalue weighted by atomic mass is 9.79. The highest BCUT2D eigenvalue weighted by Gasteiger charge is 2.36. The quantitative estimate of drug-likeness (QED) is 0.159. The monoisotopic (exact) mass is 741 g/mol. The molecule has 3 heteroatoms. The third kappa shape index (κ3) is 5.35. The van der Waals surface area contributed by atoms with Gasteiger partial charge in [0.25, 0.3) is 0 Å². The highest BCUT2D eigenvalue weighted by Crippen LogP contribution is 2.53. The van der Waals surface area contributed by atoms with E-state index in [4.69, 9.17) is 10.2 Å². The van der Waals surface area contributed by atoms with Gasteiger partial charge in [-0.3, -0.25) is 4.57 Å². The Morgan fingerprint density at radius 1 is 0.345 bits per heavy atom. The number of nitrogens with zero attached hydrogens (tertiary/aromatic N) is 3. The Bertz CT molecular complexity index is 3090. The van der Waals surface area contributed by atoms with Gasteiger partial charge in [-0.05, 0) is 101 Å². The Hall–Kier alpha value is -7.36. The highest BCUT2D eigenvalue weighted by molar-refractivity contribution is 6.22. The Morgan fingerprint density at radius 3 is 1.34 bits per heavy atom. The number of rotatable bonds is 6. The number of benzene rings is 9. The van der Waals surface area contributed by atoms with Crippen LogP contribution in [-0.4, -0.2) is 14.8 Å². The summed E-state index contributed by atoms with van der Waals surface area (Å²) in [6, 6.07) is 72.3. The van der Waals surface area contributed by atoms with E-state index in [0.717, 1.165) is 34.0 Å². The predicted molar refractivity (Wildman–Crippen MR) is 241 cm³/mol. The summed E-state index contributed by atoms with van der Waals surface area (Å²) in [7, 11) is 0. The number of hydrogen-bond donors (Lipinski definition) is 0. The fraction of sp³-hybridized carbons (Fsp3) is 0.0545. The van der Waals surface area contributed by atoms with Crippen molar-refractivity contribution in [1.82, 2.24) is 14.8 Å². The van der Waals surface area contributed by atoms with Gasteiger partial charge in [-0.15, -0.1) is 10.2 Å². The summed E-state index contributed by atoms with van der Waals surface area (Å²) in [5.41, 5.74) is 15.6. The van der Waals surface area contributed by atoms with E-state index < -0.39 is 0 Å². The van der Waals surface area contributed by atoms with E-state index in [1.54, 1.807) is 0 Å². The molecule has 0 amide bonds. The molecule has 1 heterocycles. The van der Waals surface area contributed by atoms with Crippen LogP contribution in [0.4, 0.5) is 0 Å². The van der Waals surface area contributed by atoms with Gasteiger partial charge < -0.3 is 0 Å². The molecule has 1 aliphatic carbocycles. The summed E-state index contributed by atoms with van der Waals surface area (Å²) in [6.07, 6.45) is 0. The maximum atomic E-state index is 4.74. The maximum absolute atomic E-state index is 4.74. The van der Waals surface area contributed by atoms with E-state index in [9.17, 15) is 0 Å². The van der Waals surface area contributed by atoms with Gasteiger partial charge in [-0.1, -0.05) is 190 Å². The first-order valence-electron chi connectivity index (χ1n) is 20.0. The molecule has 0 spiro atoms. The molecule has 9 aromatic carbocycles. The van der Waals surface area contributed by atoms with Crippen LogP contribution < -0.4 is 0 Å². The lowest BCUT2D eigenvalue weighted by Gasteiger charge is -2.24. The van der Waals surface area contributed by atoms with Crippen LogP contribution in [0, 0.1) is 0 Å². The van der Waals surface area contributed by atoms with Crippen molar-refractivity contribution >= 4 is 21.5 Å². The summed E-state index contributed by atoms with van der Waals surface area (Å²) in [4.78, 5) is 0. The Kier molecular flexibility index (Phi) is 7.84. The van der Waals surface area contributed by atoms with Crippen molar-refractivity contribution in [3.8, 4) is 73.0 Å². The van der Waals surface area contributed by atoms with Crippen molar-refractivity contribution in [1.29, 1.82) is 0 Å². The van der Waals surface area contributed by atoms with Crippen molar-refractivity contribution in [2.24, 2.45) is 0 Å². The van der Waals surface area contributed by atoms with Crippen molar-refractivity contribution < 1.29 is 0 Å². The molecule has 1 aromatic heterocycles. The third-order valence-electron chi connectivity index (χ3n) is 12.1. The van der Waals surface area contributed by atoms with Crippen LogP contribution in [0.2, 0.25) is 0 Å². The molecule has 3 nitrogen and oxygen atoms in total. The molecule has 0 unspecified atom stereocenters. The summed E-state index contributed by atoms with van der Waals surface area (Å²) < 4.78 is 2.18. The zero-order valence-electron chi connectivity index (χ0n) is 32.4. The molecule has 0 atom stereocenters. The van der Waals surface area contributed by atoms with Crippen LogP contribution in [0.1, 0.15) is 25.0 Å². The second kappa shape index (κ2) is 13.4. The Labute approximate surface area is 338 Å². The largest absolute Gasteiger partial charge is 0.275 e. The van der Waals surface area contributed by atoms with Gasteiger partial charge in [0.2, 0.25) is 0 Å². The number of aromatic nitrogens is 3. The lowest BCUT2D eigenvalue weighted by molar-refractivity contribution is 0.661. The molecule has 58 heavy (non-hydrogen) atoms. The zero-order valence-corrected chi connectivity index (χ0v) is 32.4. The van der Waals surface area contributed by atoms with Gasteiger partial charge in [0.1, 0.15) is 0 Å². The van der Waals surface area contributed by atoms with Gasteiger partial charge in [0.15, 0.2) is 11.6 Å². The molecule has 11 rings (SSSR count). The summed E-state index contributed by atoms with van der Waals surface area (Å²) in [6.45, 7) is 4.74. The van der Waals surface area contributed by atoms with Gasteiger partial charge in [-0.2, -0.15) is 0 Å². The van der Waals surface area contributed by atoms with E-state index in [1.807, 2.05) is 36.4 Å². The first-order chi connectivity index (χ1) is 28.5. The molecule has 0 fully saturated rings. The molecule has 0 saturated carbocycles. The first-order valence-corrected chi connectivity index (χ1v) is 20.0. The van der Waals surface area contributed by atoms with Crippen molar-refractivity contribution in [3.63, 3.8) is 0 Å². The Morgan fingerprint density at radius 2 is 0.776 bits per heavy atom. The van der Waals surface area contributed by atoms with Crippen LogP contribution in [0.3, 0.4) is 0 Å². The SMILES string of the molecule is CC1(C)c2ccccc2-c2cc3c(-c4ccc(-n5c(-c6ccccc6)nnc5-c5ccccc5)cc4)c4ccccc4c(-c4ccc(-c5ccccc5)cc4)c3cc21. The van der Waals surface area contributed by atoms with E-state index >= 15 is 0 Å². The second-order valence-corrected chi connectivity index (χ2v) is 15.8. The van der Waals surface area contributed by atoms with Gasteiger partial charge in [-0.25, -0.2) is 0 Å². The molecule has 0 aliphatic heterocycles. The minimum atomic E-state index is -0.131. The van der Waals surface area contributed by atoms with Crippen LogP contribution >= 0.6 is 0 Å².